The van der Waals surface area contributed by atoms with Gasteiger partial charge in [-0.25, -0.2) is 4.39 Å². The van der Waals surface area contributed by atoms with E-state index < -0.39 is 17.3 Å². The molecule has 1 aromatic carbocycles. The summed E-state index contributed by atoms with van der Waals surface area (Å²) in [4.78, 5) is 20.2. The van der Waals surface area contributed by atoms with Gasteiger partial charge in [-0.3, -0.25) is 9.89 Å². The lowest BCUT2D eigenvalue weighted by atomic mass is 9.41. The van der Waals surface area contributed by atoms with Crippen LogP contribution in [0.4, 0.5) is 23.2 Å². The number of aromatic nitrogens is 4. The van der Waals surface area contributed by atoms with Crippen LogP contribution in [0.5, 0.6) is 0 Å². The monoisotopic (exact) mass is 583 g/mol. The third-order valence-corrected chi connectivity index (χ3v) is 11.4. The van der Waals surface area contributed by atoms with E-state index >= 15 is 0 Å². The highest BCUT2D eigenvalue weighted by Gasteiger charge is 2.70. The molecule has 2 aromatic heterocycles. The lowest BCUT2D eigenvalue weighted by Gasteiger charge is -2.66. The molecule has 0 spiro atoms. The minimum Gasteiger partial charge on any atom is -0.338 e. The minimum absolute atomic E-state index is 0.00645. The number of nitrogens with one attached hydrogen (secondary N) is 1. The second-order valence-corrected chi connectivity index (χ2v) is 14.2. The Morgan fingerprint density at radius 2 is 1.69 bits per heavy atom. The fourth-order valence-electron chi connectivity index (χ4n) is 8.60. The van der Waals surface area contributed by atoms with Gasteiger partial charge in [-0.05, 0) is 99.2 Å². The molecule has 3 aromatic rings. The molecule has 0 unspecified atom stereocenters. The molecule has 10 rings (SSSR count). The number of alkyl halides is 4. The number of rotatable bonds is 8. The largest absolute Gasteiger partial charge is 0.403 e. The predicted octanol–water partition coefficient (Wildman–Crippen LogP) is 6.96. The van der Waals surface area contributed by atoms with Crippen LogP contribution in [0.15, 0.2) is 41.2 Å². The molecule has 7 saturated carbocycles. The van der Waals surface area contributed by atoms with E-state index in [1.54, 1.807) is 6.20 Å². The molecule has 222 valence electrons. The van der Waals surface area contributed by atoms with Crippen molar-refractivity contribution in [1.82, 2.24) is 20.3 Å². The molecule has 7 aliphatic rings. The van der Waals surface area contributed by atoms with Gasteiger partial charge in [0, 0.05) is 35.8 Å². The summed E-state index contributed by atoms with van der Waals surface area (Å²) in [6.07, 6.45) is 5.65. The fourth-order valence-corrected chi connectivity index (χ4v) is 8.60. The summed E-state index contributed by atoms with van der Waals surface area (Å²) in [5.41, 5.74) is -1.03. The maximum atomic E-state index is 14.3. The number of aromatic amines is 1. The van der Waals surface area contributed by atoms with Crippen molar-refractivity contribution >= 4 is 11.6 Å². The van der Waals surface area contributed by atoms with Crippen LogP contribution >= 0.6 is 0 Å². The average molecular weight is 584 g/mol. The summed E-state index contributed by atoms with van der Waals surface area (Å²) >= 11 is 0. The van der Waals surface area contributed by atoms with E-state index in [1.807, 2.05) is 35.4 Å². The van der Waals surface area contributed by atoms with Crippen LogP contribution in [0.3, 0.4) is 0 Å². The van der Waals surface area contributed by atoms with Gasteiger partial charge in [-0.2, -0.15) is 23.3 Å². The first-order chi connectivity index (χ1) is 20.0. The van der Waals surface area contributed by atoms with Crippen molar-refractivity contribution in [2.24, 2.45) is 10.8 Å². The zero-order valence-electron chi connectivity index (χ0n) is 23.3. The zero-order valence-corrected chi connectivity index (χ0v) is 23.3. The number of carbonyl (C=O) groups is 1. The van der Waals surface area contributed by atoms with Crippen LogP contribution in [0, 0.1) is 10.8 Å². The minimum atomic E-state index is -4.39. The Kier molecular flexibility index (Phi) is 5.30. The Hall–Kier alpha value is -3.24. The molecule has 7 fully saturated rings. The molecule has 7 nitrogen and oxygen atoms in total. The number of benzene rings is 1. The first-order valence-corrected chi connectivity index (χ1v) is 15.0. The number of H-pyrrole nitrogens is 1. The second kappa shape index (κ2) is 8.44. The zero-order chi connectivity index (χ0) is 29.0. The maximum absolute atomic E-state index is 14.3. The van der Waals surface area contributed by atoms with Crippen molar-refractivity contribution < 1.29 is 26.9 Å². The van der Waals surface area contributed by atoms with E-state index in [2.05, 4.69) is 20.3 Å². The standard InChI is InChI=1S/C31H33F4N5O2/c32-29-16-27(17-29,18-29)13-23(41)40(22-3-1-2-20(12-22)21-14-36-37-15-21)19-26-4-7-28(8-5-26,9-6-26)24-38-25(42-39-24)30(10-11-30)31(33,34)35/h1-3,12,14-15H,4-11,13,16-19H2,(H,36,37). The number of amides is 1. The van der Waals surface area contributed by atoms with Gasteiger partial charge in [0.15, 0.2) is 5.82 Å². The predicted molar refractivity (Wildman–Crippen MR) is 144 cm³/mol. The third kappa shape index (κ3) is 3.90. The van der Waals surface area contributed by atoms with Gasteiger partial charge in [0.25, 0.3) is 0 Å². The van der Waals surface area contributed by atoms with Crippen molar-refractivity contribution in [2.45, 2.75) is 99.7 Å². The molecule has 7 aliphatic carbocycles. The summed E-state index contributed by atoms with van der Waals surface area (Å²) in [6, 6.07) is 7.91. The smallest absolute Gasteiger partial charge is 0.338 e. The van der Waals surface area contributed by atoms with Gasteiger partial charge in [0.1, 0.15) is 11.1 Å². The number of hydrogen-bond donors (Lipinski definition) is 1. The summed E-state index contributed by atoms with van der Waals surface area (Å²) in [7, 11) is 0. The highest BCUT2D eigenvalue weighted by atomic mass is 19.4. The summed E-state index contributed by atoms with van der Waals surface area (Å²) in [5, 5.41) is 11.0. The molecule has 0 atom stereocenters. The molecule has 2 heterocycles. The van der Waals surface area contributed by atoms with Crippen molar-refractivity contribution in [3.63, 3.8) is 0 Å². The first kappa shape index (κ1) is 26.4. The van der Waals surface area contributed by atoms with Crippen LogP contribution in [0.1, 0.15) is 88.8 Å². The van der Waals surface area contributed by atoms with Gasteiger partial charge in [0.2, 0.25) is 11.8 Å². The fraction of sp³-hybridized carbons (Fsp3) is 0.613. The number of halogens is 4. The summed E-state index contributed by atoms with van der Waals surface area (Å²) < 4.78 is 60.5. The molecule has 0 saturated heterocycles. The molecule has 11 heteroatoms. The Bertz CT molecular complexity index is 1500. The quantitative estimate of drug-likeness (QED) is 0.290. The maximum Gasteiger partial charge on any atom is 0.403 e. The van der Waals surface area contributed by atoms with E-state index in [-0.39, 0.29) is 40.9 Å². The normalized spacial score (nSPS) is 34.0. The molecule has 0 aliphatic heterocycles. The summed E-state index contributed by atoms with van der Waals surface area (Å²) in [6.45, 7) is 0.558. The Balaban J connectivity index is 1.03. The SMILES string of the molecule is O=C(CC12CC(F)(C1)C2)N(CC12CCC(c3noc(C4(C(F)(F)F)CC4)n3)(CC1)CC2)c1cccc(-c2cn[nH]c2)c1. The lowest BCUT2D eigenvalue weighted by molar-refractivity contribution is -0.215. The molecule has 0 radical (unpaired) electrons. The average Bonchev–Trinajstić information content (AvgIpc) is 3.33. The number of anilines is 1. The molecule has 4 bridgehead atoms. The van der Waals surface area contributed by atoms with Gasteiger partial charge in [-0.1, -0.05) is 17.3 Å². The van der Waals surface area contributed by atoms with Crippen molar-refractivity contribution in [3.8, 4) is 11.1 Å². The van der Waals surface area contributed by atoms with Crippen LogP contribution < -0.4 is 4.90 Å². The third-order valence-electron chi connectivity index (χ3n) is 11.4. The number of carbonyl (C=O) groups excluding carboxylic acids is 1. The van der Waals surface area contributed by atoms with Gasteiger partial charge < -0.3 is 9.42 Å². The highest BCUT2D eigenvalue weighted by molar-refractivity contribution is 5.95. The molecule has 42 heavy (non-hydrogen) atoms. The van der Waals surface area contributed by atoms with Crippen molar-refractivity contribution in [1.29, 1.82) is 0 Å². The first-order valence-electron chi connectivity index (χ1n) is 15.0. The van der Waals surface area contributed by atoms with Crippen LogP contribution in [-0.4, -0.2) is 44.6 Å². The highest BCUT2D eigenvalue weighted by Crippen LogP contribution is 2.71. The van der Waals surface area contributed by atoms with Gasteiger partial charge in [-0.15, -0.1) is 0 Å². The molecule has 1 N–H and O–H groups in total. The number of fused-ring (bicyclic) bond motifs is 3. The van der Waals surface area contributed by atoms with E-state index in [9.17, 15) is 22.4 Å². The molecule has 1 amide bonds. The van der Waals surface area contributed by atoms with Crippen molar-refractivity contribution in [3.05, 3.63) is 48.4 Å². The van der Waals surface area contributed by atoms with E-state index in [1.165, 1.54) is 0 Å². The number of hydrogen-bond acceptors (Lipinski definition) is 5. The molecular formula is C31H33F4N5O2. The van der Waals surface area contributed by atoms with Crippen LogP contribution in [0.25, 0.3) is 11.1 Å². The topological polar surface area (TPSA) is 87.9 Å². The second-order valence-electron chi connectivity index (χ2n) is 14.2. The van der Waals surface area contributed by atoms with Gasteiger partial charge in [0.05, 0.1) is 6.20 Å². The van der Waals surface area contributed by atoms with Crippen molar-refractivity contribution in [2.75, 3.05) is 11.4 Å². The van der Waals surface area contributed by atoms with E-state index in [0.717, 1.165) is 55.3 Å². The van der Waals surface area contributed by atoms with Gasteiger partial charge >= 0.3 is 6.18 Å². The van der Waals surface area contributed by atoms with E-state index in [0.29, 0.717) is 38.1 Å². The Morgan fingerprint density at radius 1 is 0.976 bits per heavy atom. The Labute approximate surface area is 240 Å². The summed E-state index contributed by atoms with van der Waals surface area (Å²) in [5.74, 6) is 0.146. The van der Waals surface area contributed by atoms with E-state index in [4.69, 9.17) is 4.52 Å². The molecular weight excluding hydrogens is 550 g/mol. The number of nitrogens with zero attached hydrogens (tertiary/aromatic N) is 4. The van der Waals surface area contributed by atoms with Crippen LogP contribution in [-0.2, 0) is 15.6 Å². The van der Waals surface area contributed by atoms with Crippen LogP contribution in [0.2, 0.25) is 0 Å². The Morgan fingerprint density at radius 3 is 2.29 bits per heavy atom. The lowest BCUT2D eigenvalue weighted by Crippen LogP contribution is -2.65.